The quantitative estimate of drug-likeness (QED) is 0.311. The smallest absolute Gasteiger partial charge is 0.203 e. The molecule has 0 aliphatic heterocycles. The van der Waals surface area contributed by atoms with Gasteiger partial charge in [-0.3, -0.25) is 9.13 Å². The molecule has 0 fully saturated rings. The van der Waals surface area contributed by atoms with Gasteiger partial charge in [-0.1, -0.05) is 53.7 Å². The minimum absolute atomic E-state index is 0.308. The molecule has 0 unspecified atom stereocenters. The molecule has 6 heteroatoms. The Kier molecular flexibility index (Phi) is 5.98. The van der Waals surface area contributed by atoms with E-state index in [0.29, 0.717) is 22.8 Å². The predicted octanol–water partition coefficient (Wildman–Crippen LogP) is 7.26. The van der Waals surface area contributed by atoms with Crippen LogP contribution in [0.4, 0.5) is 8.78 Å². The first-order valence-corrected chi connectivity index (χ1v) is 11.9. The summed E-state index contributed by atoms with van der Waals surface area (Å²) in [4.78, 5) is 9.61. The molecule has 0 aliphatic rings. The van der Waals surface area contributed by atoms with Crippen LogP contribution < -0.4 is 0 Å². The summed E-state index contributed by atoms with van der Waals surface area (Å²) in [6.07, 6.45) is 3.44. The van der Waals surface area contributed by atoms with Crippen LogP contribution in [0.15, 0.2) is 60.9 Å². The van der Waals surface area contributed by atoms with Gasteiger partial charge in [0.25, 0.3) is 0 Å². The molecule has 4 aromatic heterocycles. The Hall–Kier alpha value is -3.28. The van der Waals surface area contributed by atoms with Crippen LogP contribution in [0.1, 0.15) is 77.9 Å². The van der Waals surface area contributed by atoms with Gasteiger partial charge in [-0.25, -0.2) is 9.97 Å². The van der Waals surface area contributed by atoms with Crippen LogP contribution in [0.2, 0.25) is 0 Å². The number of rotatable bonds is 4. The van der Waals surface area contributed by atoms with E-state index in [1.807, 2.05) is 79.7 Å². The summed E-state index contributed by atoms with van der Waals surface area (Å²) in [5.74, 6) is 0.396. The van der Waals surface area contributed by atoms with E-state index in [9.17, 15) is 0 Å². The fraction of sp³-hybridized carbons (Fsp3) is 0.379. The molecule has 4 aromatic rings. The molecule has 4 nitrogen and oxygen atoms in total. The standard InChI is InChI=1S/C29H34F2N4/c1-27(2,3)19-15-17-34(25(19)30)23-13-9-11-21(32-23)29(7,8)22-12-10-14-24(33-22)35-18-16-20(26(35)31)28(4,5)6/h9-18H,1-8H3. The third kappa shape index (κ3) is 4.54. The van der Waals surface area contributed by atoms with Crippen LogP contribution in [-0.2, 0) is 16.2 Å². The van der Waals surface area contributed by atoms with Crippen molar-refractivity contribution in [3.05, 3.63) is 95.3 Å². The summed E-state index contributed by atoms with van der Waals surface area (Å²) in [5.41, 5.74) is 1.55. The van der Waals surface area contributed by atoms with E-state index in [1.165, 1.54) is 9.13 Å². The largest absolute Gasteiger partial charge is 0.277 e. The number of aromatic nitrogens is 4. The van der Waals surface area contributed by atoms with Crippen molar-refractivity contribution in [1.29, 1.82) is 0 Å². The van der Waals surface area contributed by atoms with E-state index in [4.69, 9.17) is 9.97 Å². The van der Waals surface area contributed by atoms with Crippen molar-refractivity contribution < 1.29 is 8.78 Å². The van der Waals surface area contributed by atoms with Crippen LogP contribution in [-0.4, -0.2) is 19.1 Å². The van der Waals surface area contributed by atoms with E-state index < -0.39 is 5.41 Å². The zero-order valence-corrected chi connectivity index (χ0v) is 21.8. The van der Waals surface area contributed by atoms with E-state index >= 15 is 8.78 Å². The first-order valence-electron chi connectivity index (χ1n) is 11.9. The van der Waals surface area contributed by atoms with Gasteiger partial charge in [0.1, 0.15) is 11.6 Å². The molecular formula is C29H34F2N4. The topological polar surface area (TPSA) is 35.6 Å². The van der Waals surface area contributed by atoms with E-state index in [0.717, 1.165) is 11.4 Å². The molecule has 4 rings (SSSR count). The summed E-state index contributed by atoms with van der Waals surface area (Å²) in [7, 11) is 0. The zero-order chi connectivity index (χ0) is 25.8. The maximum absolute atomic E-state index is 15.2. The molecule has 0 radical (unpaired) electrons. The minimum atomic E-state index is -0.598. The highest BCUT2D eigenvalue weighted by molar-refractivity contribution is 5.39. The van der Waals surface area contributed by atoms with E-state index in [1.54, 1.807) is 36.7 Å². The summed E-state index contributed by atoms with van der Waals surface area (Å²) in [6, 6.07) is 14.8. The van der Waals surface area contributed by atoms with Crippen LogP contribution in [0.5, 0.6) is 0 Å². The van der Waals surface area contributed by atoms with Crippen molar-refractivity contribution in [2.45, 2.75) is 71.6 Å². The van der Waals surface area contributed by atoms with Crippen molar-refractivity contribution in [3.63, 3.8) is 0 Å². The normalized spacial score (nSPS) is 12.9. The van der Waals surface area contributed by atoms with Gasteiger partial charge in [-0.05, 0) is 61.1 Å². The van der Waals surface area contributed by atoms with Crippen molar-refractivity contribution in [1.82, 2.24) is 19.1 Å². The SMILES string of the molecule is CC(C)(C)c1ccn(-c2cccc(C(C)(C)c3cccc(-n4ccc(C(C)(C)C)c4F)n3)n2)c1F. The zero-order valence-electron chi connectivity index (χ0n) is 21.8. The average Bonchev–Trinajstić information content (AvgIpc) is 3.36. The lowest BCUT2D eigenvalue weighted by atomic mass is 9.84. The number of nitrogens with zero attached hydrogens (tertiary/aromatic N) is 4. The highest BCUT2D eigenvalue weighted by Crippen LogP contribution is 2.32. The first-order chi connectivity index (χ1) is 16.2. The lowest BCUT2D eigenvalue weighted by Crippen LogP contribution is -2.23. The Balaban J connectivity index is 1.73. The molecule has 0 bridgehead atoms. The van der Waals surface area contributed by atoms with Gasteiger partial charge in [0.05, 0.1) is 11.4 Å². The van der Waals surface area contributed by atoms with Crippen LogP contribution >= 0.6 is 0 Å². The van der Waals surface area contributed by atoms with Crippen LogP contribution in [0.25, 0.3) is 11.6 Å². The first kappa shape index (κ1) is 24.8. The molecule has 0 aliphatic carbocycles. The number of hydrogen-bond donors (Lipinski definition) is 0. The van der Waals surface area contributed by atoms with Gasteiger partial charge in [0, 0.05) is 28.9 Å². The Morgan fingerprint density at radius 3 is 1.26 bits per heavy atom. The number of halogens is 2. The molecule has 35 heavy (non-hydrogen) atoms. The van der Waals surface area contributed by atoms with Crippen molar-refractivity contribution in [2.75, 3.05) is 0 Å². The maximum atomic E-state index is 15.2. The average molecular weight is 477 g/mol. The van der Waals surface area contributed by atoms with Gasteiger partial charge in [-0.15, -0.1) is 0 Å². The Morgan fingerprint density at radius 1 is 0.571 bits per heavy atom. The second-order valence-corrected chi connectivity index (χ2v) is 11.7. The fourth-order valence-corrected chi connectivity index (χ4v) is 4.24. The van der Waals surface area contributed by atoms with Crippen LogP contribution in [0.3, 0.4) is 0 Å². The molecule has 0 N–H and O–H groups in total. The fourth-order valence-electron chi connectivity index (χ4n) is 4.24. The highest BCUT2D eigenvalue weighted by atomic mass is 19.1. The van der Waals surface area contributed by atoms with Gasteiger partial charge in [0.2, 0.25) is 11.9 Å². The second-order valence-electron chi connectivity index (χ2n) is 11.7. The van der Waals surface area contributed by atoms with Crippen LogP contribution in [0, 0.1) is 11.9 Å². The van der Waals surface area contributed by atoms with E-state index in [2.05, 4.69) is 0 Å². The molecule has 0 saturated carbocycles. The Labute approximate surface area is 206 Å². The molecule has 0 spiro atoms. The van der Waals surface area contributed by atoms with Gasteiger partial charge in [-0.2, -0.15) is 8.78 Å². The van der Waals surface area contributed by atoms with Gasteiger partial charge >= 0.3 is 0 Å². The van der Waals surface area contributed by atoms with Crippen molar-refractivity contribution in [2.24, 2.45) is 0 Å². The van der Waals surface area contributed by atoms with E-state index in [-0.39, 0.29) is 22.7 Å². The lowest BCUT2D eigenvalue weighted by molar-refractivity contribution is 0.489. The molecule has 4 heterocycles. The maximum Gasteiger partial charge on any atom is 0.203 e. The lowest BCUT2D eigenvalue weighted by Gasteiger charge is -2.25. The number of pyridine rings is 2. The Bertz CT molecular complexity index is 1260. The number of hydrogen-bond acceptors (Lipinski definition) is 2. The summed E-state index contributed by atoms with van der Waals surface area (Å²) in [6.45, 7) is 15.9. The minimum Gasteiger partial charge on any atom is -0.277 e. The monoisotopic (exact) mass is 476 g/mol. The molecule has 0 saturated heterocycles. The summed E-state index contributed by atoms with van der Waals surface area (Å²) >= 11 is 0. The molecular weight excluding hydrogens is 442 g/mol. The van der Waals surface area contributed by atoms with Gasteiger partial charge < -0.3 is 0 Å². The third-order valence-electron chi connectivity index (χ3n) is 6.51. The summed E-state index contributed by atoms with van der Waals surface area (Å²) in [5, 5.41) is 0. The molecule has 184 valence electrons. The molecule has 0 amide bonds. The van der Waals surface area contributed by atoms with Crippen molar-refractivity contribution >= 4 is 0 Å². The van der Waals surface area contributed by atoms with Gasteiger partial charge in [0.15, 0.2) is 0 Å². The third-order valence-corrected chi connectivity index (χ3v) is 6.51. The van der Waals surface area contributed by atoms with Crippen molar-refractivity contribution in [3.8, 4) is 11.6 Å². The predicted molar refractivity (Wildman–Crippen MR) is 137 cm³/mol. The molecule has 0 atom stereocenters. The Morgan fingerprint density at radius 2 is 0.943 bits per heavy atom. The highest BCUT2D eigenvalue weighted by Gasteiger charge is 2.29. The summed E-state index contributed by atoms with van der Waals surface area (Å²) < 4.78 is 33.4. The second kappa shape index (κ2) is 8.43. The molecule has 0 aromatic carbocycles.